The van der Waals surface area contributed by atoms with Gasteiger partial charge >= 0.3 is 0 Å². The summed E-state index contributed by atoms with van der Waals surface area (Å²) in [6.07, 6.45) is 1.55. The normalized spacial score (nSPS) is 23.3. The second-order valence-electron chi connectivity index (χ2n) is 8.52. The fourth-order valence-corrected chi connectivity index (χ4v) is 4.52. The maximum absolute atomic E-state index is 10.9. The molecule has 0 aromatic heterocycles. The van der Waals surface area contributed by atoms with Gasteiger partial charge in [-0.3, -0.25) is 4.90 Å². The van der Waals surface area contributed by atoms with Crippen LogP contribution in [0.25, 0.3) is 0 Å². The van der Waals surface area contributed by atoms with Gasteiger partial charge in [0, 0.05) is 45.1 Å². The second-order valence-corrected chi connectivity index (χ2v) is 8.52. The van der Waals surface area contributed by atoms with E-state index in [1.165, 1.54) is 11.1 Å². The Balaban J connectivity index is 1.32. The molecule has 1 N–H and O–H groups in total. The third-order valence-electron chi connectivity index (χ3n) is 6.17. The van der Waals surface area contributed by atoms with Crippen LogP contribution in [0.2, 0.25) is 0 Å². The van der Waals surface area contributed by atoms with E-state index in [4.69, 9.17) is 9.47 Å². The van der Waals surface area contributed by atoms with Gasteiger partial charge in [-0.2, -0.15) is 0 Å². The van der Waals surface area contributed by atoms with Crippen molar-refractivity contribution in [3.8, 4) is 0 Å². The Kier molecular flexibility index (Phi) is 7.89. The van der Waals surface area contributed by atoms with Crippen LogP contribution in [0.3, 0.4) is 0 Å². The molecule has 4 rings (SSSR count). The summed E-state index contributed by atoms with van der Waals surface area (Å²) in [4.78, 5) is 4.83. The SMILES string of the molecule is O[C@@H]1CN(CCC2OCCO2)CC[C@H]1CN(Cc1ccccc1)Cc1ccccc1. The largest absolute Gasteiger partial charge is 0.391 e. The van der Waals surface area contributed by atoms with E-state index in [1.807, 2.05) is 0 Å². The smallest absolute Gasteiger partial charge is 0.159 e. The van der Waals surface area contributed by atoms with Crippen LogP contribution < -0.4 is 0 Å². The molecule has 2 aromatic rings. The van der Waals surface area contributed by atoms with Crippen LogP contribution in [-0.4, -0.2) is 66.7 Å². The highest BCUT2D eigenvalue weighted by Gasteiger charge is 2.30. The summed E-state index contributed by atoms with van der Waals surface area (Å²) < 4.78 is 11.1. The van der Waals surface area contributed by atoms with Crippen LogP contribution in [-0.2, 0) is 22.6 Å². The van der Waals surface area contributed by atoms with E-state index in [2.05, 4.69) is 70.5 Å². The first-order chi connectivity index (χ1) is 14.8. The highest BCUT2D eigenvalue weighted by molar-refractivity contribution is 5.17. The van der Waals surface area contributed by atoms with E-state index in [-0.39, 0.29) is 12.4 Å². The second kappa shape index (κ2) is 11.0. The lowest BCUT2D eigenvalue weighted by Gasteiger charge is -2.38. The molecule has 0 bridgehead atoms. The Morgan fingerprint density at radius 3 is 2.07 bits per heavy atom. The molecule has 0 unspecified atom stereocenters. The number of piperidine rings is 1. The average molecular weight is 411 g/mol. The van der Waals surface area contributed by atoms with E-state index in [9.17, 15) is 5.11 Å². The summed E-state index contributed by atoms with van der Waals surface area (Å²) in [5.74, 6) is 0.299. The van der Waals surface area contributed by atoms with Crippen LogP contribution in [0, 0.1) is 5.92 Å². The zero-order valence-corrected chi connectivity index (χ0v) is 17.7. The molecule has 30 heavy (non-hydrogen) atoms. The van der Waals surface area contributed by atoms with Gasteiger partial charge in [-0.25, -0.2) is 0 Å². The quantitative estimate of drug-likeness (QED) is 0.688. The summed E-state index contributed by atoms with van der Waals surface area (Å²) >= 11 is 0. The molecule has 0 aliphatic carbocycles. The number of aliphatic hydroxyl groups is 1. The molecular formula is C25H34N2O3. The lowest BCUT2D eigenvalue weighted by Crippen LogP contribution is -2.48. The van der Waals surface area contributed by atoms with Gasteiger partial charge in [0.05, 0.1) is 19.3 Å². The number of aliphatic hydroxyl groups excluding tert-OH is 1. The van der Waals surface area contributed by atoms with Crippen LogP contribution in [0.4, 0.5) is 0 Å². The summed E-state index contributed by atoms with van der Waals surface area (Å²) in [5.41, 5.74) is 2.63. The third kappa shape index (κ3) is 6.37. The molecular weight excluding hydrogens is 376 g/mol. The topological polar surface area (TPSA) is 45.2 Å². The van der Waals surface area contributed by atoms with E-state index < -0.39 is 0 Å². The predicted octanol–water partition coefficient (Wildman–Crippen LogP) is 3.13. The van der Waals surface area contributed by atoms with Gasteiger partial charge in [0.2, 0.25) is 0 Å². The number of hydrogen-bond donors (Lipinski definition) is 1. The molecule has 2 heterocycles. The number of nitrogens with zero attached hydrogens (tertiary/aromatic N) is 2. The van der Waals surface area contributed by atoms with Gasteiger partial charge < -0.3 is 19.5 Å². The van der Waals surface area contributed by atoms with E-state index >= 15 is 0 Å². The summed E-state index contributed by atoms with van der Waals surface area (Å²) in [6.45, 7) is 6.81. The molecule has 162 valence electrons. The molecule has 2 saturated heterocycles. The molecule has 2 atom stereocenters. The van der Waals surface area contributed by atoms with Crippen molar-refractivity contribution in [2.75, 3.05) is 39.4 Å². The van der Waals surface area contributed by atoms with E-state index in [1.54, 1.807) is 0 Å². The molecule has 0 spiro atoms. The van der Waals surface area contributed by atoms with E-state index in [0.717, 1.165) is 52.1 Å². The van der Waals surface area contributed by atoms with Crippen LogP contribution in [0.5, 0.6) is 0 Å². The Morgan fingerprint density at radius 1 is 0.900 bits per heavy atom. The fourth-order valence-electron chi connectivity index (χ4n) is 4.52. The molecule has 0 amide bonds. The van der Waals surface area contributed by atoms with Crippen molar-refractivity contribution < 1.29 is 14.6 Å². The maximum Gasteiger partial charge on any atom is 0.159 e. The minimum absolute atomic E-state index is 0.0629. The zero-order valence-electron chi connectivity index (χ0n) is 17.7. The molecule has 2 aliphatic rings. The lowest BCUT2D eigenvalue weighted by molar-refractivity contribution is -0.0590. The molecule has 2 fully saturated rings. The molecule has 5 nitrogen and oxygen atoms in total. The van der Waals surface area contributed by atoms with Crippen LogP contribution in [0.1, 0.15) is 24.0 Å². The molecule has 0 saturated carbocycles. The monoisotopic (exact) mass is 410 g/mol. The van der Waals surface area contributed by atoms with Crippen molar-refractivity contribution >= 4 is 0 Å². The minimum Gasteiger partial charge on any atom is -0.391 e. The van der Waals surface area contributed by atoms with Gasteiger partial charge in [0.15, 0.2) is 6.29 Å². The number of hydrogen-bond acceptors (Lipinski definition) is 5. The van der Waals surface area contributed by atoms with Gasteiger partial charge in [0.1, 0.15) is 0 Å². The standard InChI is InChI=1S/C25H34N2O3/c28-24-20-26(14-12-25-29-15-16-30-25)13-11-23(24)19-27(17-21-7-3-1-4-8-21)18-22-9-5-2-6-10-22/h1-10,23-25,28H,11-20H2/t23-,24+/m0/s1. The number of likely N-dealkylation sites (tertiary alicyclic amines) is 1. The first-order valence-corrected chi connectivity index (χ1v) is 11.2. The van der Waals surface area contributed by atoms with Crippen molar-refractivity contribution in [3.05, 3.63) is 71.8 Å². The lowest BCUT2D eigenvalue weighted by atomic mass is 9.92. The number of ether oxygens (including phenoxy) is 2. The van der Waals surface area contributed by atoms with Crippen molar-refractivity contribution in [1.82, 2.24) is 9.80 Å². The Bertz CT molecular complexity index is 695. The van der Waals surface area contributed by atoms with Crippen LogP contribution >= 0.6 is 0 Å². The van der Waals surface area contributed by atoms with Crippen LogP contribution in [0.15, 0.2) is 60.7 Å². The summed E-state index contributed by atoms with van der Waals surface area (Å²) in [6, 6.07) is 21.3. The number of benzene rings is 2. The van der Waals surface area contributed by atoms with Crippen molar-refractivity contribution in [2.24, 2.45) is 5.92 Å². The van der Waals surface area contributed by atoms with Gasteiger partial charge in [-0.05, 0) is 24.1 Å². The Morgan fingerprint density at radius 2 is 1.50 bits per heavy atom. The summed E-state index contributed by atoms with van der Waals surface area (Å²) in [5, 5.41) is 10.9. The molecule has 2 aliphatic heterocycles. The zero-order chi connectivity index (χ0) is 20.6. The first kappa shape index (κ1) is 21.5. The minimum atomic E-state index is -0.293. The first-order valence-electron chi connectivity index (χ1n) is 11.2. The molecule has 2 aromatic carbocycles. The number of β-amino-alcohol motifs (C(OH)–C–C–N with tert-alkyl or cyclic N) is 1. The van der Waals surface area contributed by atoms with Crippen molar-refractivity contribution in [2.45, 2.75) is 38.3 Å². The third-order valence-corrected chi connectivity index (χ3v) is 6.17. The highest BCUT2D eigenvalue weighted by atomic mass is 16.7. The summed E-state index contributed by atoms with van der Waals surface area (Å²) in [7, 11) is 0. The van der Waals surface area contributed by atoms with Gasteiger partial charge in [-0.1, -0.05) is 60.7 Å². The van der Waals surface area contributed by atoms with E-state index in [0.29, 0.717) is 19.1 Å². The van der Waals surface area contributed by atoms with Crippen molar-refractivity contribution in [1.29, 1.82) is 0 Å². The molecule has 0 radical (unpaired) electrons. The highest BCUT2D eigenvalue weighted by Crippen LogP contribution is 2.22. The molecule has 5 heteroatoms. The number of rotatable bonds is 9. The fraction of sp³-hybridized carbons (Fsp3) is 0.520. The van der Waals surface area contributed by atoms with Gasteiger partial charge in [0.25, 0.3) is 0 Å². The van der Waals surface area contributed by atoms with Crippen molar-refractivity contribution in [3.63, 3.8) is 0 Å². The Labute approximate surface area is 180 Å². The Hall–Kier alpha value is -1.76. The maximum atomic E-state index is 10.9. The predicted molar refractivity (Wildman–Crippen MR) is 118 cm³/mol. The van der Waals surface area contributed by atoms with Gasteiger partial charge in [-0.15, -0.1) is 0 Å². The average Bonchev–Trinajstić information content (AvgIpc) is 3.29.